The molecule has 0 spiro atoms. The first-order valence-corrected chi connectivity index (χ1v) is 10.3. The van der Waals surface area contributed by atoms with E-state index < -0.39 is 98.5 Å². The highest BCUT2D eigenvalue weighted by Crippen LogP contribution is 2.37. The predicted octanol–water partition coefficient (Wildman–Crippen LogP) is -5.91. The van der Waals surface area contributed by atoms with E-state index in [1.54, 1.807) is 0 Å². The van der Waals surface area contributed by atoms with E-state index in [2.05, 4.69) is 5.32 Å². The van der Waals surface area contributed by atoms with Gasteiger partial charge in [0, 0.05) is 12.8 Å². The van der Waals surface area contributed by atoms with E-state index in [0.29, 0.717) is 0 Å². The number of ether oxygens (including phenoxy) is 4. The fourth-order valence-corrected chi connectivity index (χ4v) is 3.99. The number of carbonyl (C=O) groups excluding carboxylic acids is 1. The third-order valence-corrected chi connectivity index (χ3v) is 6.00. The van der Waals surface area contributed by atoms with Crippen LogP contribution in [0.1, 0.15) is 6.92 Å². The van der Waals surface area contributed by atoms with Crippen molar-refractivity contribution in [2.75, 3.05) is 19.8 Å². The molecule has 0 radical (unpaired) electrons. The smallest absolute Gasteiger partial charge is 0.217 e. The summed E-state index contributed by atoms with van der Waals surface area (Å²) in [4.78, 5) is 11.7. The van der Waals surface area contributed by atoms with Gasteiger partial charge in [-0.2, -0.15) is 0 Å². The standard InChI is InChI=1S/C18H32N2O12/c1-5(24)20-10-14(28)16(32-17-9(19)13(27)12(26)7(3-22)29-17)8(4-23)30-18(10)31-15-6(2-21)11(15)25/h6-18,21-23,25-28H,2-4,19H2,1H3,(H,20,24)/t6-,7-,8+,9-,10-,11?,12?,13?,14?,15?,16?,17?,18+/m1/s1. The van der Waals surface area contributed by atoms with Gasteiger partial charge < -0.3 is 65.7 Å². The highest BCUT2D eigenvalue weighted by atomic mass is 16.7. The second-order valence-electron chi connectivity index (χ2n) is 8.26. The molecule has 32 heavy (non-hydrogen) atoms. The molecule has 10 N–H and O–H groups in total. The van der Waals surface area contributed by atoms with Crippen molar-refractivity contribution in [3.63, 3.8) is 0 Å². The Balaban J connectivity index is 1.76. The van der Waals surface area contributed by atoms with Gasteiger partial charge in [0.25, 0.3) is 0 Å². The minimum atomic E-state index is -1.52. The van der Waals surface area contributed by atoms with Crippen LogP contribution in [0.5, 0.6) is 0 Å². The van der Waals surface area contributed by atoms with E-state index in [4.69, 9.17) is 24.7 Å². The minimum Gasteiger partial charge on any atom is -0.396 e. The highest BCUT2D eigenvalue weighted by Gasteiger charge is 2.56. The Hall–Kier alpha value is -1.01. The molecular weight excluding hydrogens is 436 g/mol. The molecule has 3 aliphatic rings. The molecule has 0 aromatic rings. The van der Waals surface area contributed by atoms with Gasteiger partial charge in [-0.15, -0.1) is 0 Å². The number of hydrogen-bond acceptors (Lipinski definition) is 13. The van der Waals surface area contributed by atoms with Crippen molar-refractivity contribution in [1.82, 2.24) is 5.32 Å². The zero-order chi connectivity index (χ0) is 23.7. The van der Waals surface area contributed by atoms with Gasteiger partial charge >= 0.3 is 0 Å². The lowest BCUT2D eigenvalue weighted by Gasteiger charge is -2.47. The van der Waals surface area contributed by atoms with Crippen LogP contribution in [0.3, 0.4) is 0 Å². The Kier molecular flexibility index (Phi) is 8.40. The number of amides is 1. The zero-order valence-electron chi connectivity index (χ0n) is 17.4. The van der Waals surface area contributed by atoms with Crippen LogP contribution in [0, 0.1) is 5.92 Å². The van der Waals surface area contributed by atoms with Crippen molar-refractivity contribution in [3.8, 4) is 0 Å². The average molecular weight is 468 g/mol. The van der Waals surface area contributed by atoms with Crippen LogP contribution in [-0.2, 0) is 23.7 Å². The molecule has 0 bridgehead atoms. The third kappa shape index (κ3) is 5.06. The lowest BCUT2D eigenvalue weighted by molar-refractivity contribution is -0.332. The van der Waals surface area contributed by atoms with Crippen LogP contribution >= 0.6 is 0 Å². The molecule has 14 nitrogen and oxygen atoms in total. The predicted molar refractivity (Wildman–Crippen MR) is 101 cm³/mol. The van der Waals surface area contributed by atoms with Crippen molar-refractivity contribution in [2.45, 2.75) is 80.4 Å². The maximum Gasteiger partial charge on any atom is 0.217 e. The summed E-state index contributed by atoms with van der Waals surface area (Å²) in [6.07, 6.45) is -12.7. The monoisotopic (exact) mass is 468 g/mol. The Morgan fingerprint density at radius 2 is 1.44 bits per heavy atom. The van der Waals surface area contributed by atoms with Crippen LogP contribution < -0.4 is 11.1 Å². The summed E-state index contributed by atoms with van der Waals surface area (Å²) in [5, 5.41) is 71.7. The quantitative estimate of drug-likeness (QED) is 0.162. The van der Waals surface area contributed by atoms with Gasteiger partial charge in [0.1, 0.15) is 42.7 Å². The Bertz CT molecular complexity index is 641. The molecule has 1 amide bonds. The van der Waals surface area contributed by atoms with Crippen molar-refractivity contribution < 1.29 is 59.5 Å². The molecule has 3 fully saturated rings. The first kappa shape index (κ1) is 25.6. The summed E-state index contributed by atoms with van der Waals surface area (Å²) in [6.45, 7) is -0.429. The SMILES string of the molecule is CC(=O)N[C@@H]1C(O)C(OC2O[C@H](CO)C(O)C(O)[C@H]2N)[C@H](CO)O[C@H]1OC1C(O)[C@H]1CO. The lowest BCUT2D eigenvalue weighted by atomic mass is 9.95. The first-order valence-electron chi connectivity index (χ1n) is 10.3. The summed E-state index contributed by atoms with van der Waals surface area (Å²) in [6, 6.07) is -2.46. The molecule has 2 aliphatic heterocycles. The molecule has 14 heteroatoms. The topological polar surface area (TPSA) is 234 Å². The second-order valence-corrected chi connectivity index (χ2v) is 8.26. The third-order valence-electron chi connectivity index (χ3n) is 6.00. The summed E-state index contributed by atoms with van der Waals surface area (Å²) >= 11 is 0. The van der Waals surface area contributed by atoms with Crippen LogP contribution in [0.4, 0.5) is 0 Å². The summed E-state index contributed by atoms with van der Waals surface area (Å²) in [5.41, 5.74) is 5.87. The molecule has 0 aromatic heterocycles. The van der Waals surface area contributed by atoms with Crippen LogP contribution in [-0.4, -0.2) is 135 Å². The highest BCUT2D eigenvalue weighted by molar-refractivity contribution is 5.73. The number of nitrogens with one attached hydrogen (secondary N) is 1. The van der Waals surface area contributed by atoms with Gasteiger partial charge in [-0.25, -0.2) is 0 Å². The minimum absolute atomic E-state index is 0.335. The molecule has 3 rings (SSSR count). The molecule has 2 heterocycles. The fraction of sp³-hybridized carbons (Fsp3) is 0.944. The largest absolute Gasteiger partial charge is 0.396 e. The zero-order valence-corrected chi connectivity index (χ0v) is 17.4. The molecule has 13 atom stereocenters. The number of aliphatic hydroxyl groups excluding tert-OH is 7. The van der Waals surface area contributed by atoms with Crippen LogP contribution in [0.15, 0.2) is 0 Å². The molecule has 2 saturated heterocycles. The Morgan fingerprint density at radius 1 is 0.844 bits per heavy atom. The molecule has 1 saturated carbocycles. The average Bonchev–Trinajstić information content (AvgIpc) is 3.39. The van der Waals surface area contributed by atoms with Gasteiger partial charge in [-0.05, 0) is 0 Å². The van der Waals surface area contributed by atoms with E-state index in [9.17, 15) is 40.5 Å². The number of aliphatic hydroxyl groups is 7. The molecular formula is C18H32N2O12. The van der Waals surface area contributed by atoms with Crippen molar-refractivity contribution >= 4 is 5.91 Å². The summed E-state index contributed by atoms with van der Waals surface area (Å²) < 4.78 is 22.4. The number of nitrogens with two attached hydrogens (primary N) is 1. The van der Waals surface area contributed by atoms with E-state index >= 15 is 0 Å². The van der Waals surface area contributed by atoms with Crippen molar-refractivity contribution in [1.29, 1.82) is 0 Å². The Morgan fingerprint density at radius 3 is 1.97 bits per heavy atom. The van der Waals surface area contributed by atoms with E-state index in [-0.39, 0.29) is 6.61 Å². The molecule has 186 valence electrons. The fourth-order valence-electron chi connectivity index (χ4n) is 3.99. The van der Waals surface area contributed by atoms with Crippen molar-refractivity contribution in [2.24, 2.45) is 11.7 Å². The maximum absolute atomic E-state index is 11.7. The normalized spacial score (nSPS) is 49.0. The van der Waals surface area contributed by atoms with Crippen LogP contribution in [0.2, 0.25) is 0 Å². The second kappa shape index (κ2) is 10.5. The van der Waals surface area contributed by atoms with Crippen LogP contribution in [0.25, 0.3) is 0 Å². The van der Waals surface area contributed by atoms with Gasteiger partial charge in [-0.1, -0.05) is 0 Å². The Labute approximate surface area is 183 Å². The number of hydrogen-bond donors (Lipinski definition) is 9. The lowest BCUT2D eigenvalue weighted by Crippen LogP contribution is -2.68. The molecule has 1 aliphatic carbocycles. The first-order chi connectivity index (χ1) is 15.1. The summed E-state index contributed by atoms with van der Waals surface area (Å²) in [7, 11) is 0. The summed E-state index contributed by atoms with van der Waals surface area (Å²) in [5.74, 6) is -1.08. The van der Waals surface area contributed by atoms with E-state index in [1.165, 1.54) is 6.92 Å². The van der Waals surface area contributed by atoms with Gasteiger partial charge in [0.15, 0.2) is 12.6 Å². The van der Waals surface area contributed by atoms with Crippen molar-refractivity contribution in [3.05, 3.63) is 0 Å². The molecule has 7 unspecified atom stereocenters. The number of carbonyl (C=O) groups is 1. The van der Waals surface area contributed by atoms with E-state index in [0.717, 1.165) is 0 Å². The molecule has 0 aromatic carbocycles. The van der Waals surface area contributed by atoms with Gasteiger partial charge in [0.05, 0.1) is 38.1 Å². The van der Waals surface area contributed by atoms with Gasteiger partial charge in [-0.3, -0.25) is 4.79 Å². The van der Waals surface area contributed by atoms with Gasteiger partial charge in [0.2, 0.25) is 5.91 Å². The van der Waals surface area contributed by atoms with E-state index in [1.807, 2.05) is 0 Å². The maximum atomic E-state index is 11.7. The number of rotatable bonds is 8.